The molecule has 0 aliphatic rings. The van der Waals surface area contributed by atoms with Gasteiger partial charge in [0.05, 0.1) is 7.11 Å². The molecule has 24 heavy (non-hydrogen) atoms. The summed E-state index contributed by atoms with van der Waals surface area (Å²) in [5, 5.41) is 7.19. The molecule has 2 rings (SSSR count). The molecule has 2 heterocycles. The number of unbranched alkanes of at least 4 members (excludes halogenated alkanes) is 1. The molecule has 0 bridgehead atoms. The molecule has 0 saturated heterocycles. The van der Waals surface area contributed by atoms with Crippen LogP contribution >= 0.6 is 0 Å². The van der Waals surface area contributed by atoms with Gasteiger partial charge in [0.15, 0.2) is 11.5 Å². The van der Waals surface area contributed by atoms with Crippen LogP contribution in [-0.4, -0.2) is 39.2 Å². The van der Waals surface area contributed by atoms with E-state index in [1.54, 1.807) is 7.05 Å². The van der Waals surface area contributed by atoms with Crippen LogP contribution in [0.15, 0.2) is 9.59 Å². The number of methoxy groups -OCH3 is 1. The fraction of sp³-hybridized carbons (Fsp3) is 0.600. The predicted molar refractivity (Wildman–Crippen MR) is 90.8 cm³/mol. The standard InChI is InChI=1S/C15H23N5O4/c1-5-7-9-18-12-10(13(21)19(8-6-2)14(18)22)11(16-3)20(17-12)15(23)24-4/h16H,5-9H2,1-4H3. The number of anilines is 1. The Labute approximate surface area is 138 Å². The average Bonchev–Trinajstić information content (AvgIpc) is 2.97. The van der Waals surface area contributed by atoms with E-state index in [2.05, 4.69) is 10.4 Å². The summed E-state index contributed by atoms with van der Waals surface area (Å²) in [6.07, 6.45) is 1.57. The SMILES string of the molecule is CCCCn1c(=O)n(CCC)c(=O)c2c(NC)n(C(=O)OC)nc21. The van der Waals surface area contributed by atoms with Crippen molar-refractivity contribution in [3.8, 4) is 0 Å². The average molecular weight is 337 g/mol. The molecule has 2 aromatic heterocycles. The lowest BCUT2D eigenvalue weighted by Crippen LogP contribution is -2.40. The number of ether oxygens (including phenoxy) is 1. The topological polar surface area (TPSA) is 100 Å². The second-order valence-corrected chi connectivity index (χ2v) is 5.42. The Kier molecular flexibility index (Phi) is 5.42. The number of aromatic nitrogens is 4. The number of fused-ring (bicyclic) bond motifs is 1. The number of carbonyl (C=O) groups is 1. The minimum atomic E-state index is -0.730. The molecule has 132 valence electrons. The Morgan fingerprint density at radius 1 is 1.17 bits per heavy atom. The first-order valence-corrected chi connectivity index (χ1v) is 8.04. The van der Waals surface area contributed by atoms with E-state index in [0.717, 1.165) is 17.5 Å². The van der Waals surface area contributed by atoms with Gasteiger partial charge in [-0.05, 0) is 12.8 Å². The monoisotopic (exact) mass is 337 g/mol. The van der Waals surface area contributed by atoms with E-state index in [4.69, 9.17) is 4.74 Å². The lowest BCUT2D eigenvalue weighted by atomic mass is 10.3. The third-order valence-electron chi connectivity index (χ3n) is 3.81. The third-order valence-corrected chi connectivity index (χ3v) is 3.81. The van der Waals surface area contributed by atoms with Crippen LogP contribution in [0.2, 0.25) is 0 Å². The molecule has 0 unspecified atom stereocenters. The first-order chi connectivity index (χ1) is 11.5. The molecule has 0 aliphatic carbocycles. The number of hydrogen-bond acceptors (Lipinski definition) is 6. The molecule has 0 aliphatic heterocycles. The smallest absolute Gasteiger partial charge is 0.436 e. The Hall–Kier alpha value is -2.58. The fourth-order valence-corrected chi connectivity index (χ4v) is 2.64. The van der Waals surface area contributed by atoms with Crippen molar-refractivity contribution in [1.29, 1.82) is 0 Å². The number of rotatable bonds is 6. The number of nitrogens with one attached hydrogen (secondary N) is 1. The maximum absolute atomic E-state index is 12.8. The van der Waals surface area contributed by atoms with Gasteiger partial charge in [0, 0.05) is 20.1 Å². The zero-order valence-electron chi connectivity index (χ0n) is 14.5. The Morgan fingerprint density at radius 2 is 1.88 bits per heavy atom. The maximum atomic E-state index is 12.8. The molecule has 9 nitrogen and oxygen atoms in total. The predicted octanol–water partition coefficient (Wildman–Crippen LogP) is 1.23. The third kappa shape index (κ3) is 2.81. The van der Waals surface area contributed by atoms with Gasteiger partial charge in [-0.3, -0.25) is 13.9 Å². The molecule has 0 atom stereocenters. The normalized spacial score (nSPS) is 11.0. The van der Waals surface area contributed by atoms with Crippen molar-refractivity contribution >= 4 is 22.9 Å². The number of nitrogens with zero attached hydrogens (tertiary/aromatic N) is 4. The molecule has 0 aromatic carbocycles. The van der Waals surface area contributed by atoms with Crippen molar-refractivity contribution < 1.29 is 9.53 Å². The molecular formula is C15H23N5O4. The van der Waals surface area contributed by atoms with Gasteiger partial charge in [0.25, 0.3) is 5.56 Å². The van der Waals surface area contributed by atoms with E-state index in [0.29, 0.717) is 19.5 Å². The van der Waals surface area contributed by atoms with Crippen molar-refractivity contribution in [2.24, 2.45) is 0 Å². The minimum absolute atomic E-state index is 0.195. The Morgan fingerprint density at radius 3 is 2.42 bits per heavy atom. The summed E-state index contributed by atoms with van der Waals surface area (Å²) in [7, 11) is 2.81. The highest BCUT2D eigenvalue weighted by atomic mass is 16.5. The lowest BCUT2D eigenvalue weighted by molar-refractivity contribution is 0.170. The van der Waals surface area contributed by atoms with Crippen LogP contribution < -0.4 is 16.6 Å². The van der Waals surface area contributed by atoms with Gasteiger partial charge < -0.3 is 10.1 Å². The summed E-state index contributed by atoms with van der Waals surface area (Å²) in [5.74, 6) is 0.219. The highest BCUT2D eigenvalue weighted by molar-refractivity contribution is 5.92. The maximum Gasteiger partial charge on any atom is 0.436 e. The number of hydrogen-bond donors (Lipinski definition) is 1. The van der Waals surface area contributed by atoms with Gasteiger partial charge in [-0.1, -0.05) is 20.3 Å². The molecule has 1 N–H and O–H groups in total. The summed E-state index contributed by atoms with van der Waals surface area (Å²) in [5.41, 5.74) is -0.662. The summed E-state index contributed by atoms with van der Waals surface area (Å²) < 4.78 is 8.33. The highest BCUT2D eigenvalue weighted by Crippen LogP contribution is 2.19. The van der Waals surface area contributed by atoms with Crippen molar-refractivity contribution in [1.82, 2.24) is 18.9 Å². The van der Waals surface area contributed by atoms with E-state index in [1.807, 2.05) is 13.8 Å². The molecular weight excluding hydrogens is 314 g/mol. The number of carbonyl (C=O) groups excluding carboxylic acids is 1. The molecule has 0 saturated carbocycles. The van der Waals surface area contributed by atoms with Crippen LogP contribution in [0.4, 0.5) is 10.6 Å². The van der Waals surface area contributed by atoms with Crippen LogP contribution in [0.1, 0.15) is 33.1 Å². The van der Waals surface area contributed by atoms with E-state index in [-0.39, 0.29) is 16.9 Å². The van der Waals surface area contributed by atoms with Gasteiger partial charge in [0.1, 0.15) is 5.39 Å². The van der Waals surface area contributed by atoms with Crippen LogP contribution in [0.3, 0.4) is 0 Å². The van der Waals surface area contributed by atoms with Gasteiger partial charge in [-0.2, -0.15) is 0 Å². The Balaban J connectivity index is 2.92. The summed E-state index contributed by atoms with van der Waals surface area (Å²) in [6.45, 7) is 4.64. The van der Waals surface area contributed by atoms with Crippen LogP contribution in [0.5, 0.6) is 0 Å². The first-order valence-electron chi connectivity index (χ1n) is 8.04. The van der Waals surface area contributed by atoms with E-state index in [1.165, 1.54) is 16.2 Å². The van der Waals surface area contributed by atoms with Crippen molar-refractivity contribution in [3.63, 3.8) is 0 Å². The fourth-order valence-electron chi connectivity index (χ4n) is 2.64. The van der Waals surface area contributed by atoms with Crippen LogP contribution in [-0.2, 0) is 17.8 Å². The lowest BCUT2D eigenvalue weighted by Gasteiger charge is -2.10. The second kappa shape index (κ2) is 7.33. The van der Waals surface area contributed by atoms with E-state index in [9.17, 15) is 14.4 Å². The van der Waals surface area contributed by atoms with Crippen molar-refractivity contribution in [2.75, 3.05) is 19.5 Å². The molecule has 0 radical (unpaired) electrons. The largest absolute Gasteiger partial charge is 0.451 e. The van der Waals surface area contributed by atoms with Gasteiger partial charge >= 0.3 is 11.8 Å². The first kappa shape index (κ1) is 17.8. The second-order valence-electron chi connectivity index (χ2n) is 5.42. The molecule has 0 fully saturated rings. The van der Waals surface area contributed by atoms with E-state index < -0.39 is 17.3 Å². The molecule has 0 spiro atoms. The molecule has 9 heteroatoms. The van der Waals surface area contributed by atoms with Crippen LogP contribution in [0.25, 0.3) is 11.0 Å². The zero-order valence-corrected chi connectivity index (χ0v) is 14.5. The Bertz CT molecular complexity index is 861. The molecule has 2 aromatic rings. The van der Waals surface area contributed by atoms with Gasteiger partial charge in [-0.25, -0.2) is 9.59 Å². The van der Waals surface area contributed by atoms with Crippen LogP contribution in [0, 0.1) is 0 Å². The summed E-state index contributed by atoms with van der Waals surface area (Å²) in [6, 6.07) is 0. The summed E-state index contributed by atoms with van der Waals surface area (Å²) >= 11 is 0. The quantitative estimate of drug-likeness (QED) is 0.851. The zero-order chi connectivity index (χ0) is 17.9. The minimum Gasteiger partial charge on any atom is -0.451 e. The van der Waals surface area contributed by atoms with E-state index >= 15 is 0 Å². The molecule has 0 amide bonds. The van der Waals surface area contributed by atoms with Gasteiger partial charge in [0.2, 0.25) is 0 Å². The van der Waals surface area contributed by atoms with Gasteiger partial charge in [-0.15, -0.1) is 9.78 Å². The van der Waals surface area contributed by atoms with Crippen molar-refractivity contribution in [2.45, 2.75) is 46.2 Å². The highest BCUT2D eigenvalue weighted by Gasteiger charge is 2.24. The summed E-state index contributed by atoms with van der Waals surface area (Å²) in [4.78, 5) is 37.4. The number of aryl methyl sites for hydroxylation is 1. The van der Waals surface area contributed by atoms with Crippen molar-refractivity contribution in [3.05, 3.63) is 20.8 Å².